The smallest absolute Gasteiger partial charge is 0.260 e. The van der Waals surface area contributed by atoms with Crippen LogP contribution in [0.3, 0.4) is 0 Å². The number of aryl methyl sites for hydroxylation is 2. The zero-order valence-corrected chi connectivity index (χ0v) is 24.8. The summed E-state index contributed by atoms with van der Waals surface area (Å²) in [7, 11) is 2.16. The van der Waals surface area contributed by atoms with Gasteiger partial charge in [-0.2, -0.15) is 4.98 Å². The SMILES string of the molecule is CC(=O)N1CCCC(n2c(=O)c(-c3ccncc3)c(C)c3cnc(Nc4ccc(N5CCN(C)CC5)c(C)c4)nc32)C1. The number of piperazine rings is 1. The first-order chi connectivity index (χ1) is 20.3. The summed E-state index contributed by atoms with van der Waals surface area (Å²) in [5, 5.41) is 4.19. The van der Waals surface area contributed by atoms with Gasteiger partial charge < -0.3 is 20.0 Å². The van der Waals surface area contributed by atoms with E-state index in [1.807, 2.05) is 24.0 Å². The van der Waals surface area contributed by atoms with E-state index in [9.17, 15) is 9.59 Å². The Labute approximate surface area is 246 Å². The Kier molecular flexibility index (Phi) is 7.64. The molecule has 1 unspecified atom stereocenters. The van der Waals surface area contributed by atoms with Gasteiger partial charge in [-0.1, -0.05) is 0 Å². The van der Waals surface area contributed by atoms with Gasteiger partial charge in [-0.15, -0.1) is 0 Å². The first-order valence-corrected chi connectivity index (χ1v) is 14.7. The maximum absolute atomic E-state index is 14.3. The van der Waals surface area contributed by atoms with Crippen LogP contribution in [0.15, 0.2) is 53.7 Å². The largest absolute Gasteiger partial charge is 0.369 e. The highest BCUT2D eigenvalue weighted by Crippen LogP contribution is 2.31. The predicted octanol–water partition coefficient (Wildman–Crippen LogP) is 4.15. The molecule has 4 aromatic rings. The fourth-order valence-corrected chi connectivity index (χ4v) is 6.31. The van der Waals surface area contributed by atoms with Gasteiger partial charge >= 0.3 is 0 Å². The van der Waals surface area contributed by atoms with Crippen molar-refractivity contribution in [3.8, 4) is 11.1 Å². The second-order valence-electron chi connectivity index (χ2n) is 11.5. The topological polar surface area (TPSA) is 99.5 Å². The quantitative estimate of drug-likeness (QED) is 0.385. The minimum absolute atomic E-state index is 0.0193. The van der Waals surface area contributed by atoms with E-state index in [2.05, 4.69) is 57.3 Å². The number of nitrogens with zero attached hydrogens (tertiary/aromatic N) is 7. The first-order valence-electron chi connectivity index (χ1n) is 14.7. The fourth-order valence-electron chi connectivity index (χ4n) is 6.31. The predicted molar refractivity (Wildman–Crippen MR) is 166 cm³/mol. The summed E-state index contributed by atoms with van der Waals surface area (Å²) in [6.07, 6.45) is 6.81. The Balaban J connectivity index is 1.40. The van der Waals surface area contributed by atoms with Crippen LogP contribution in [0.25, 0.3) is 22.2 Å². The van der Waals surface area contributed by atoms with E-state index in [-0.39, 0.29) is 17.5 Å². The Bertz CT molecular complexity index is 1680. The van der Waals surface area contributed by atoms with Crippen LogP contribution in [0.5, 0.6) is 0 Å². The first kappa shape index (κ1) is 27.8. The summed E-state index contributed by atoms with van der Waals surface area (Å²) in [6.45, 7) is 11.0. The molecule has 6 rings (SSSR count). The molecule has 0 bridgehead atoms. The number of fused-ring (bicyclic) bond motifs is 1. The van der Waals surface area contributed by atoms with Crippen molar-refractivity contribution in [1.82, 2.24) is 29.3 Å². The lowest BCUT2D eigenvalue weighted by Gasteiger charge is -2.35. The van der Waals surface area contributed by atoms with Crippen molar-refractivity contribution in [2.75, 3.05) is 56.5 Å². The third-order valence-electron chi connectivity index (χ3n) is 8.68. The van der Waals surface area contributed by atoms with E-state index in [1.54, 1.807) is 30.1 Å². The van der Waals surface area contributed by atoms with Crippen molar-refractivity contribution < 1.29 is 4.79 Å². The molecule has 1 N–H and O–H groups in total. The van der Waals surface area contributed by atoms with Crippen molar-refractivity contribution in [1.29, 1.82) is 0 Å². The molecule has 218 valence electrons. The highest BCUT2D eigenvalue weighted by atomic mass is 16.2. The summed E-state index contributed by atoms with van der Waals surface area (Å²) in [6, 6.07) is 9.86. The number of piperidine rings is 1. The van der Waals surface area contributed by atoms with Crippen molar-refractivity contribution >= 4 is 34.3 Å². The molecule has 42 heavy (non-hydrogen) atoms. The molecule has 0 saturated carbocycles. The van der Waals surface area contributed by atoms with Gasteiger partial charge in [0, 0.05) is 81.5 Å². The van der Waals surface area contributed by atoms with Crippen molar-refractivity contribution in [2.24, 2.45) is 0 Å². The van der Waals surface area contributed by atoms with E-state index in [0.29, 0.717) is 30.2 Å². The maximum Gasteiger partial charge on any atom is 0.260 e. The number of hydrogen-bond donors (Lipinski definition) is 1. The maximum atomic E-state index is 14.3. The third-order valence-corrected chi connectivity index (χ3v) is 8.68. The molecule has 5 heterocycles. The van der Waals surface area contributed by atoms with Crippen LogP contribution in [-0.4, -0.2) is 81.5 Å². The van der Waals surface area contributed by atoms with Crippen molar-refractivity contribution in [3.63, 3.8) is 0 Å². The van der Waals surface area contributed by atoms with Gasteiger partial charge in [0.2, 0.25) is 11.9 Å². The number of amides is 1. The molecule has 10 heteroatoms. The number of carbonyl (C=O) groups excluding carboxylic acids is 1. The van der Waals surface area contributed by atoms with Gasteiger partial charge in [0.15, 0.2) is 0 Å². The summed E-state index contributed by atoms with van der Waals surface area (Å²) < 4.78 is 1.79. The molecule has 2 aliphatic rings. The zero-order valence-electron chi connectivity index (χ0n) is 24.8. The molecule has 0 spiro atoms. The minimum atomic E-state index is -0.188. The number of nitrogens with one attached hydrogen (secondary N) is 1. The second kappa shape index (κ2) is 11.5. The van der Waals surface area contributed by atoms with Gasteiger partial charge in [0.05, 0.1) is 11.6 Å². The number of rotatable bonds is 5. The Morgan fingerprint density at radius 1 is 1.02 bits per heavy atom. The molecule has 1 aromatic carbocycles. The van der Waals surface area contributed by atoms with Crippen molar-refractivity contribution in [2.45, 2.75) is 39.7 Å². The van der Waals surface area contributed by atoms with Crippen LogP contribution in [0.1, 0.15) is 36.9 Å². The van der Waals surface area contributed by atoms with Gasteiger partial charge in [0.1, 0.15) is 5.65 Å². The molecule has 0 radical (unpaired) electrons. The van der Waals surface area contributed by atoms with E-state index in [0.717, 1.165) is 61.2 Å². The Morgan fingerprint density at radius 3 is 2.50 bits per heavy atom. The van der Waals surface area contributed by atoms with Crippen LogP contribution in [0.2, 0.25) is 0 Å². The summed E-state index contributed by atoms with van der Waals surface area (Å²) in [5.41, 5.74) is 6.04. The minimum Gasteiger partial charge on any atom is -0.369 e. The monoisotopic (exact) mass is 566 g/mol. The number of benzene rings is 1. The lowest BCUT2D eigenvalue weighted by Crippen LogP contribution is -2.44. The number of likely N-dealkylation sites (tertiary alicyclic amines) is 1. The lowest BCUT2D eigenvalue weighted by atomic mass is 9.99. The van der Waals surface area contributed by atoms with Crippen molar-refractivity contribution in [3.05, 3.63) is 70.4 Å². The van der Waals surface area contributed by atoms with Gasteiger partial charge in [-0.05, 0) is 80.8 Å². The number of anilines is 3. The molecule has 1 atom stereocenters. The van der Waals surface area contributed by atoms with Crippen LogP contribution in [-0.2, 0) is 4.79 Å². The van der Waals surface area contributed by atoms with Gasteiger partial charge in [0.25, 0.3) is 5.56 Å². The van der Waals surface area contributed by atoms with Crippen LogP contribution in [0.4, 0.5) is 17.3 Å². The average molecular weight is 567 g/mol. The van der Waals surface area contributed by atoms with Crippen LogP contribution < -0.4 is 15.8 Å². The summed E-state index contributed by atoms with van der Waals surface area (Å²) >= 11 is 0. The Morgan fingerprint density at radius 2 is 1.79 bits per heavy atom. The molecule has 2 fully saturated rings. The molecular formula is C32H38N8O2. The van der Waals surface area contributed by atoms with Gasteiger partial charge in [-0.25, -0.2) is 4.98 Å². The molecule has 1 amide bonds. The lowest BCUT2D eigenvalue weighted by molar-refractivity contribution is -0.130. The normalized spacial score (nSPS) is 18.0. The molecular weight excluding hydrogens is 528 g/mol. The fraction of sp³-hybridized carbons (Fsp3) is 0.406. The second-order valence-corrected chi connectivity index (χ2v) is 11.5. The number of aromatic nitrogens is 4. The summed E-state index contributed by atoms with van der Waals surface area (Å²) in [5.74, 6) is 0.448. The van der Waals surface area contributed by atoms with Crippen LogP contribution >= 0.6 is 0 Å². The van der Waals surface area contributed by atoms with Crippen LogP contribution in [0, 0.1) is 13.8 Å². The summed E-state index contributed by atoms with van der Waals surface area (Å²) in [4.78, 5) is 46.9. The molecule has 10 nitrogen and oxygen atoms in total. The number of carbonyl (C=O) groups is 1. The Hall–Kier alpha value is -4.31. The average Bonchev–Trinajstić information content (AvgIpc) is 2.99. The van der Waals surface area contributed by atoms with Gasteiger partial charge in [-0.3, -0.25) is 19.1 Å². The highest BCUT2D eigenvalue weighted by molar-refractivity contribution is 5.87. The van der Waals surface area contributed by atoms with E-state index in [1.165, 1.54) is 11.3 Å². The molecule has 0 aliphatic carbocycles. The molecule has 2 saturated heterocycles. The number of likely N-dealkylation sites (N-methyl/N-ethyl adjacent to an activating group) is 1. The standard InChI is InChI=1S/C32H38N8O2/c1-21-18-25(7-8-28(21)38-16-14-37(4)15-17-38)35-32-34-19-27-22(2)29(24-9-11-33-12-10-24)31(42)40(30(27)36-32)26-6-5-13-39(20-26)23(3)41/h7-12,18-19,26H,5-6,13-17,20H2,1-4H3,(H,34,35,36). The van der Waals surface area contributed by atoms with E-state index >= 15 is 0 Å². The zero-order chi connectivity index (χ0) is 29.4. The van der Waals surface area contributed by atoms with E-state index in [4.69, 9.17) is 4.98 Å². The molecule has 3 aromatic heterocycles. The number of hydrogen-bond acceptors (Lipinski definition) is 8. The third kappa shape index (κ3) is 5.34. The number of pyridine rings is 2. The molecule has 2 aliphatic heterocycles. The highest BCUT2D eigenvalue weighted by Gasteiger charge is 2.28. The van der Waals surface area contributed by atoms with E-state index < -0.39 is 0 Å².